The first-order valence-corrected chi connectivity index (χ1v) is 8.91. The van der Waals surface area contributed by atoms with Gasteiger partial charge in [-0.1, -0.05) is 6.07 Å². The summed E-state index contributed by atoms with van der Waals surface area (Å²) in [4.78, 5) is 7.92. The van der Waals surface area contributed by atoms with Gasteiger partial charge < -0.3 is 9.80 Å². The average Bonchev–Trinajstić information content (AvgIpc) is 3.06. The van der Waals surface area contributed by atoms with Crippen LogP contribution in [-0.2, 0) is 10.0 Å². The predicted molar refractivity (Wildman–Crippen MR) is 82.5 cm³/mol. The van der Waals surface area contributed by atoms with Crippen LogP contribution in [0.4, 0.5) is 5.82 Å². The number of pyridine rings is 1. The molecule has 1 aromatic heterocycles. The van der Waals surface area contributed by atoms with Gasteiger partial charge in [0.2, 0.25) is 10.0 Å². The van der Waals surface area contributed by atoms with Crippen LogP contribution in [0, 0.1) is 11.5 Å². The van der Waals surface area contributed by atoms with Crippen LogP contribution in [0.5, 0.6) is 0 Å². The lowest BCUT2D eigenvalue weighted by Gasteiger charge is -2.35. The molecular weight excluding hydrogens is 302 g/mol. The van der Waals surface area contributed by atoms with Crippen LogP contribution in [0.15, 0.2) is 24.4 Å². The minimum atomic E-state index is -3.32. The molecular formula is C14H19N5O2S. The quantitative estimate of drug-likeness (QED) is 0.734. The molecule has 1 aromatic rings. The monoisotopic (exact) mass is 321 g/mol. The van der Waals surface area contributed by atoms with Crippen molar-refractivity contribution in [2.45, 2.75) is 11.7 Å². The molecule has 3 heterocycles. The zero-order chi connectivity index (χ0) is 15.6. The number of sulfonamides is 1. The fourth-order valence-electron chi connectivity index (χ4n) is 2.99. The van der Waals surface area contributed by atoms with E-state index in [0.717, 1.165) is 5.82 Å². The first-order chi connectivity index (χ1) is 10.6. The Hall–Kier alpha value is -1.85. The third-order valence-electron chi connectivity index (χ3n) is 4.28. The van der Waals surface area contributed by atoms with Crippen LogP contribution < -0.4 is 4.90 Å². The molecule has 0 radical (unpaired) electrons. The summed E-state index contributed by atoms with van der Waals surface area (Å²) >= 11 is 0. The fraction of sp³-hybridized carbons (Fsp3) is 0.571. The Balaban J connectivity index is 1.63. The van der Waals surface area contributed by atoms with E-state index in [1.54, 1.807) is 10.5 Å². The Labute approximate surface area is 130 Å². The van der Waals surface area contributed by atoms with Gasteiger partial charge in [-0.2, -0.15) is 9.57 Å². The molecule has 0 bridgehead atoms. The van der Waals surface area contributed by atoms with Crippen LogP contribution in [-0.4, -0.2) is 67.1 Å². The summed E-state index contributed by atoms with van der Waals surface area (Å²) in [6, 6.07) is 5.73. The maximum absolute atomic E-state index is 12.6. The topological polar surface area (TPSA) is 80.5 Å². The number of hydrogen-bond acceptors (Lipinski definition) is 6. The molecule has 1 atom stereocenters. The van der Waals surface area contributed by atoms with Crippen molar-refractivity contribution in [3.8, 4) is 6.19 Å². The standard InChI is InChI=1S/C14H19N5O2S/c15-12-17-6-4-13(11-17)22(20,21)19-9-7-18(8-10-19)14-3-1-2-5-16-14/h1-3,5,13H,4,6-11H2. The molecule has 2 fully saturated rings. The number of hydrogen-bond donors (Lipinski definition) is 0. The van der Waals surface area contributed by atoms with Gasteiger partial charge in [-0.3, -0.25) is 0 Å². The number of likely N-dealkylation sites (tertiary alicyclic amines) is 1. The van der Waals surface area contributed by atoms with Gasteiger partial charge in [-0.05, 0) is 18.6 Å². The summed E-state index contributed by atoms with van der Waals surface area (Å²) in [5, 5.41) is 8.42. The van der Waals surface area contributed by atoms with Crippen molar-refractivity contribution in [3.05, 3.63) is 24.4 Å². The van der Waals surface area contributed by atoms with Gasteiger partial charge in [-0.15, -0.1) is 0 Å². The number of nitrogens with zero attached hydrogens (tertiary/aromatic N) is 5. The predicted octanol–water partition coefficient (Wildman–Crippen LogP) is 0.0888. The number of aromatic nitrogens is 1. The Morgan fingerprint density at radius 2 is 1.95 bits per heavy atom. The molecule has 0 spiro atoms. The van der Waals surface area contributed by atoms with Crippen LogP contribution >= 0.6 is 0 Å². The molecule has 118 valence electrons. The van der Waals surface area contributed by atoms with E-state index in [1.807, 2.05) is 24.4 Å². The van der Waals surface area contributed by atoms with Gasteiger partial charge in [0.05, 0.1) is 5.25 Å². The number of rotatable bonds is 3. The van der Waals surface area contributed by atoms with Crippen LogP contribution in [0.25, 0.3) is 0 Å². The van der Waals surface area contributed by atoms with Crippen molar-refractivity contribution in [2.24, 2.45) is 0 Å². The molecule has 0 aromatic carbocycles. The van der Waals surface area contributed by atoms with Gasteiger partial charge in [-0.25, -0.2) is 13.4 Å². The molecule has 0 saturated carbocycles. The first kappa shape index (κ1) is 15.1. The summed E-state index contributed by atoms with van der Waals surface area (Å²) in [6.07, 6.45) is 4.31. The number of anilines is 1. The molecule has 2 saturated heterocycles. The summed E-state index contributed by atoms with van der Waals surface area (Å²) in [5.74, 6) is 0.885. The molecule has 0 aliphatic carbocycles. The first-order valence-electron chi connectivity index (χ1n) is 7.41. The summed E-state index contributed by atoms with van der Waals surface area (Å²) in [6.45, 7) is 3.09. The molecule has 3 rings (SSSR count). The average molecular weight is 321 g/mol. The summed E-state index contributed by atoms with van der Waals surface area (Å²) in [5.41, 5.74) is 0. The molecule has 1 unspecified atom stereocenters. The highest BCUT2D eigenvalue weighted by atomic mass is 32.2. The number of piperazine rings is 1. The third-order valence-corrected chi connectivity index (χ3v) is 6.59. The molecule has 0 amide bonds. The maximum Gasteiger partial charge on any atom is 0.218 e. The van der Waals surface area contributed by atoms with Gasteiger partial charge in [0, 0.05) is 45.5 Å². The molecule has 7 nitrogen and oxygen atoms in total. The summed E-state index contributed by atoms with van der Waals surface area (Å²) in [7, 11) is -3.32. The van der Waals surface area contributed by atoms with E-state index in [4.69, 9.17) is 5.26 Å². The molecule has 0 N–H and O–H groups in total. The third kappa shape index (κ3) is 2.87. The second-order valence-electron chi connectivity index (χ2n) is 5.58. The van der Waals surface area contributed by atoms with Crippen molar-refractivity contribution < 1.29 is 8.42 Å². The maximum atomic E-state index is 12.6. The Kier molecular flexibility index (Phi) is 4.18. The van der Waals surface area contributed by atoms with Gasteiger partial charge in [0.25, 0.3) is 0 Å². The highest BCUT2D eigenvalue weighted by Gasteiger charge is 2.38. The van der Waals surface area contributed by atoms with E-state index in [0.29, 0.717) is 45.7 Å². The van der Waals surface area contributed by atoms with Crippen LogP contribution in [0.2, 0.25) is 0 Å². The second kappa shape index (κ2) is 6.10. The van der Waals surface area contributed by atoms with E-state index in [2.05, 4.69) is 9.88 Å². The van der Waals surface area contributed by atoms with Gasteiger partial charge in [0.1, 0.15) is 5.82 Å². The molecule has 22 heavy (non-hydrogen) atoms. The molecule has 8 heteroatoms. The lowest BCUT2D eigenvalue weighted by molar-refractivity contribution is 0.377. The Bertz CT molecular complexity index is 650. The van der Waals surface area contributed by atoms with E-state index in [9.17, 15) is 8.42 Å². The molecule has 2 aliphatic heterocycles. The normalized spacial score (nSPS) is 23.5. The van der Waals surface area contributed by atoms with E-state index in [1.165, 1.54) is 4.90 Å². The van der Waals surface area contributed by atoms with Crippen molar-refractivity contribution in [1.29, 1.82) is 5.26 Å². The van der Waals surface area contributed by atoms with Crippen molar-refractivity contribution in [3.63, 3.8) is 0 Å². The largest absolute Gasteiger partial charge is 0.354 e. The minimum Gasteiger partial charge on any atom is -0.354 e. The van der Waals surface area contributed by atoms with Crippen LogP contribution in [0.3, 0.4) is 0 Å². The van der Waals surface area contributed by atoms with E-state index < -0.39 is 15.3 Å². The zero-order valence-corrected chi connectivity index (χ0v) is 13.1. The minimum absolute atomic E-state index is 0.319. The Morgan fingerprint density at radius 1 is 1.18 bits per heavy atom. The Morgan fingerprint density at radius 3 is 2.55 bits per heavy atom. The van der Waals surface area contributed by atoms with Crippen molar-refractivity contribution >= 4 is 15.8 Å². The smallest absolute Gasteiger partial charge is 0.218 e. The summed E-state index contributed by atoms with van der Waals surface area (Å²) < 4.78 is 26.9. The van der Waals surface area contributed by atoms with Gasteiger partial charge >= 0.3 is 0 Å². The highest BCUT2D eigenvalue weighted by Crippen LogP contribution is 2.22. The van der Waals surface area contributed by atoms with Crippen LogP contribution in [0.1, 0.15) is 6.42 Å². The van der Waals surface area contributed by atoms with E-state index >= 15 is 0 Å². The fourth-order valence-corrected chi connectivity index (χ4v) is 4.85. The zero-order valence-electron chi connectivity index (χ0n) is 12.3. The van der Waals surface area contributed by atoms with Crippen molar-refractivity contribution in [2.75, 3.05) is 44.2 Å². The van der Waals surface area contributed by atoms with Crippen molar-refractivity contribution in [1.82, 2.24) is 14.2 Å². The van der Waals surface area contributed by atoms with Gasteiger partial charge in [0.15, 0.2) is 6.19 Å². The number of nitriles is 1. The highest BCUT2D eigenvalue weighted by molar-refractivity contribution is 7.89. The molecule has 2 aliphatic rings. The lowest BCUT2D eigenvalue weighted by atomic mass is 10.3. The van der Waals surface area contributed by atoms with E-state index in [-0.39, 0.29) is 0 Å². The lowest BCUT2D eigenvalue weighted by Crippen LogP contribution is -2.51. The second-order valence-corrected chi connectivity index (χ2v) is 7.79. The SMILES string of the molecule is N#CN1CCC(S(=O)(=O)N2CCN(c3ccccn3)CC2)C1.